The molecule has 4 N–H and O–H groups in total. The monoisotopic (exact) mass is 563 g/mol. The molecule has 0 unspecified atom stereocenters. The van der Waals surface area contributed by atoms with E-state index >= 15 is 0 Å². The van der Waals surface area contributed by atoms with E-state index in [1.165, 1.54) is 0 Å². The Hall–Kier alpha value is -4.25. The van der Waals surface area contributed by atoms with Crippen LogP contribution in [0.2, 0.25) is 10.0 Å². The summed E-state index contributed by atoms with van der Waals surface area (Å²) < 4.78 is 5.48. The third-order valence-electron chi connectivity index (χ3n) is 5.77. The standard InChI is InChI=1S/C27H23Cl2N7O3/c1-14(2)32-22(37)11-31-27(38)36-25-19(23-20(28)4-3-5-21(23)29)9-16-10-30-26(35-24(16)34-25)33-18-7-6-15-12-39-13-17(15)8-18/h3-10H,1,11-13H2,2H3,(H,32,37)(H3,30,31,33,34,35,36,38). The van der Waals surface area contributed by atoms with E-state index in [9.17, 15) is 9.59 Å². The first-order valence-corrected chi connectivity index (χ1v) is 12.6. The molecule has 198 valence electrons. The zero-order valence-corrected chi connectivity index (χ0v) is 22.3. The summed E-state index contributed by atoms with van der Waals surface area (Å²) >= 11 is 13.0. The molecule has 2 aromatic heterocycles. The molecule has 10 nitrogen and oxygen atoms in total. The number of fused-ring (bicyclic) bond motifs is 2. The number of allylic oxidation sites excluding steroid dienone is 1. The lowest BCUT2D eigenvalue weighted by molar-refractivity contribution is -0.119. The van der Waals surface area contributed by atoms with Gasteiger partial charge in [-0.2, -0.15) is 4.98 Å². The van der Waals surface area contributed by atoms with Crippen molar-refractivity contribution < 1.29 is 14.3 Å². The number of anilines is 3. The Morgan fingerprint density at radius 1 is 1.05 bits per heavy atom. The van der Waals surface area contributed by atoms with Crippen LogP contribution < -0.4 is 21.3 Å². The number of nitrogens with one attached hydrogen (secondary N) is 4. The summed E-state index contributed by atoms with van der Waals surface area (Å²) in [6, 6.07) is 12.1. The number of carbonyl (C=O) groups excluding carboxylic acids is 2. The van der Waals surface area contributed by atoms with Gasteiger partial charge in [0.05, 0.1) is 29.8 Å². The number of urea groups is 1. The Kier molecular flexibility index (Phi) is 7.60. The van der Waals surface area contributed by atoms with Crippen molar-refractivity contribution in [2.24, 2.45) is 0 Å². The number of pyridine rings is 1. The summed E-state index contributed by atoms with van der Waals surface area (Å²) in [6.07, 6.45) is 1.62. The molecule has 3 heterocycles. The molecule has 0 saturated carbocycles. The number of rotatable bonds is 7. The maximum Gasteiger partial charge on any atom is 0.320 e. The van der Waals surface area contributed by atoms with Crippen LogP contribution in [0.15, 0.2) is 60.9 Å². The Bertz CT molecular complexity index is 1610. The molecule has 0 bridgehead atoms. The second-order valence-corrected chi connectivity index (χ2v) is 9.64. The molecule has 0 atom stereocenters. The molecular formula is C27H23Cl2N7O3. The van der Waals surface area contributed by atoms with Crippen molar-refractivity contribution in [2.75, 3.05) is 17.2 Å². The number of carbonyl (C=O) groups is 2. The van der Waals surface area contributed by atoms with Crippen molar-refractivity contribution in [3.8, 4) is 11.1 Å². The summed E-state index contributed by atoms with van der Waals surface area (Å²) in [6.45, 7) is 6.15. The van der Waals surface area contributed by atoms with E-state index in [0.29, 0.717) is 57.1 Å². The molecule has 1 aliphatic rings. The van der Waals surface area contributed by atoms with Crippen LogP contribution in [-0.4, -0.2) is 33.4 Å². The van der Waals surface area contributed by atoms with Crippen molar-refractivity contribution in [1.29, 1.82) is 0 Å². The minimum absolute atomic E-state index is 0.148. The third kappa shape index (κ3) is 6.09. The fraction of sp³-hybridized carbons (Fsp3) is 0.148. The normalized spacial score (nSPS) is 12.1. The predicted octanol–water partition coefficient (Wildman–Crippen LogP) is 5.54. The predicted molar refractivity (Wildman–Crippen MR) is 151 cm³/mol. The van der Waals surface area contributed by atoms with E-state index < -0.39 is 11.9 Å². The SMILES string of the molecule is C=C(C)NC(=O)CNC(=O)Nc1nc2nc(Nc3ccc4c(c3)COC4)ncc2cc1-c1c(Cl)cccc1Cl. The van der Waals surface area contributed by atoms with Gasteiger partial charge in [0.2, 0.25) is 11.9 Å². The van der Waals surface area contributed by atoms with Gasteiger partial charge in [-0.05, 0) is 48.4 Å². The van der Waals surface area contributed by atoms with Crippen molar-refractivity contribution in [1.82, 2.24) is 25.6 Å². The van der Waals surface area contributed by atoms with Crippen LogP contribution in [0.1, 0.15) is 18.1 Å². The molecule has 0 spiro atoms. The molecule has 1 aliphatic heterocycles. The molecule has 0 fully saturated rings. The number of hydrogen-bond acceptors (Lipinski definition) is 7. The average molecular weight is 564 g/mol. The highest BCUT2D eigenvalue weighted by Crippen LogP contribution is 2.39. The van der Waals surface area contributed by atoms with E-state index in [1.54, 1.807) is 37.4 Å². The summed E-state index contributed by atoms with van der Waals surface area (Å²) in [5, 5.41) is 12.2. The van der Waals surface area contributed by atoms with Gasteiger partial charge in [-0.25, -0.2) is 14.8 Å². The molecule has 2 aromatic carbocycles. The lowest BCUT2D eigenvalue weighted by Gasteiger charge is -2.15. The molecule has 4 aromatic rings. The number of amides is 3. The van der Waals surface area contributed by atoms with Gasteiger partial charge in [0.15, 0.2) is 5.65 Å². The van der Waals surface area contributed by atoms with E-state index in [2.05, 4.69) is 42.8 Å². The van der Waals surface area contributed by atoms with Crippen LogP contribution in [0.25, 0.3) is 22.2 Å². The fourth-order valence-electron chi connectivity index (χ4n) is 4.04. The maximum absolute atomic E-state index is 12.7. The van der Waals surface area contributed by atoms with Gasteiger partial charge in [-0.1, -0.05) is 41.9 Å². The molecular weight excluding hydrogens is 541 g/mol. The Morgan fingerprint density at radius 2 is 1.82 bits per heavy atom. The second-order valence-electron chi connectivity index (χ2n) is 8.83. The van der Waals surface area contributed by atoms with E-state index in [1.807, 2.05) is 18.2 Å². The van der Waals surface area contributed by atoms with Gasteiger partial charge in [-0.3, -0.25) is 10.1 Å². The van der Waals surface area contributed by atoms with Crippen molar-refractivity contribution in [3.05, 3.63) is 82.1 Å². The van der Waals surface area contributed by atoms with Crippen LogP contribution in [0.5, 0.6) is 0 Å². The lowest BCUT2D eigenvalue weighted by Crippen LogP contribution is -2.38. The lowest BCUT2D eigenvalue weighted by atomic mass is 10.0. The van der Waals surface area contributed by atoms with Gasteiger partial charge in [0.1, 0.15) is 5.82 Å². The topological polar surface area (TPSA) is 130 Å². The highest BCUT2D eigenvalue weighted by Gasteiger charge is 2.19. The number of halogens is 2. The van der Waals surface area contributed by atoms with E-state index in [0.717, 1.165) is 16.8 Å². The first-order valence-electron chi connectivity index (χ1n) is 11.9. The summed E-state index contributed by atoms with van der Waals surface area (Å²) in [5.41, 5.74) is 4.79. The number of ether oxygens (including phenoxy) is 1. The minimum Gasteiger partial charge on any atom is -0.372 e. The van der Waals surface area contributed by atoms with Gasteiger partial charge < -0.3 is 20.7 Å². The van der Waals surface area contributed by atoms with Crippen molar-refractivity contribution >= 4 is 63.6 Å². The van der Waals surface area contributed by atoms with Gasteiger partial charge in [0, 0.05) is 34.1 Å². The summed E-state index contributed by atoms with van der Waals surface area (Å²) in [4.78, 5) is 38.2. The van der Waals surface area contributed by atoms with Crippen LogP contribution in [0, 0.1) is 0 Å². The largest absolute Gasteiger partial charge is 0.372 e. The summed E-state index contributed by atoms with van der Waals surface area (Å²) in [5.74, 6) is 0.0546. The first kappa shape index (κ1) is 26.4. The summed E-state index contributed by atoms with van der Waals surface area (Å²) in [7, 11) is 0. The molecule has 0 saturated heterocycles. The van der Waals surface area contributed by atoms with Gasteiger partial charge in [0.25, 0.3) is 0 Å². The van der Waals surface area contributed by atoms with E-state index in [4.69, 9.17) is 27.9 Å². The fourth-order valence-corrected chi connectivity index (χ4v) is 4.64. The number of nitrogens with zero attached hydrogens (tertiary/aromatic N) is 3. The van der Waals surface area contributed by atoms with Crippen LogP contribution in [0.3, 0.4) is 0 Å². The third-order valence-corrected chi connectivity index (χ3v) is 6.40. The zero-order chi connectivity index (χ0) is 27.5. The first-order chi connectivity index (χ1) is 18.8. The van der Waals surface area contributed by atoms with Crippen molar-refractivity contribution in [3.63, 3.8) is 0 Å². The number of benzene rings is 2. The maximum atomic E-state index is 12.7. The highest BCUT2D eigenvalue weighted by atomic mass is 35.5. The highest BCUT2D eigenvalue weighted by molar-refractivity contribution is 6.39. The average Bonchev–Trinajstić information content (AvgIpc) is 3.35. The van der Waals surface area contributed by atoms with Crippen LogP contribution >= 0.6 is 23.2 Å². The molecule has 39 heavy (non-hydrogen) atoms. The number of hydrogen-bond donors (Lipinski definition) is 4. The van der Waals surface area contributed by atoms with Crippen molar-refractivity contribution in [2.45, 2.75) is 20.1 Å². The van der Waals surface area contributed by atoms with Crippen LogP contribution in [-0.2, 0) is 22.7 Å². The molecule has 3 amide bonds. The smallest absolute Gasteiger partial charge is 0.320 e. The second kappa shape index (κ2) is 11.2. The molecule has 12 heteroatoms. The quantitative estimate of drug-likeness (QED) is 0.232. The van der Waals surface area contributed by atoms with Crippen LogP contribution in [0.4, 0.5) is 22.2 Å². The molecule has 0 aliphatic carbocycles. The molecule has 0 radical (unpaired) electrons. The minimum atomic E-state index is -0.657. The Balaban J connectivity index is 1.47. The Labute approximate surface area is 233 Å². The zero-order valence-electron chi connectivity index (χ0n) is 20.8. The van der Waals surface area contributed by atoms with Gasteiger partial charge in [-0.15, -0.1) is 0 Å². The Morgan fingerprint density at radius 3 is 2.59 bits per heavy atom. The number of aromatic nitrogens is 3. The van der Waals surface area contributed by atoms with E-state index in [-0.39, 0.29) is 12.4 Å². The molecule has 5 rings (SSSR count). The van der Waals surface area contributed by atoms with Gasteiger partial charge >= 0.3 is 6.03 Å².